The fraction of sp³-hybridized carbons (Fsp3) is 0.786. The van der Waals surface area contributed by atoms with E-state index in [1.165, 1.54) is 103 Å². The van der Waals surface area contributed by atoms with E-state index in [4.69, 9.17) is 9.47 Å². The van der Waals surface area contributed by atoms with Gasteiger partial charge in [0.1, 0.15) is 12.7 Å². The Bertz CT molecular complexity index is 938. The Morgan fingerprint density at radius 2 is 1.04 bits per heavy atom. The highest BCUT2D eigenvalue weighted by Crippen LogP contribution is 2.13. The molecule has 0 saturated heterocycles. The lowest BCUT2D eigenvalue weighted by Crippen LogP contribution is -2.27. The Morgan fingerprint density at radius 3 is 1.48 bits per heavy atom. The van der Waals surface area contributed by atoms with Crippen LogP contribution >= 0.6 is 0 Å². The van der Waals surface area contributed by atoms with Crippen molar-refractivity contribution in [2.45, 2.75) is 200 Å². The zero-order chi connectivity index (χ0) is 34.8. The fourth-order valence-corrected chi connectivity index (χ4v) is 5.95. The van der Waals surface area contributed by atoms with Crippen LogP contribution in [0.15, 0.2) is 36.8 Å². The van der Waals surface area contributed by atoms with Gasteiger partial charge in [-0.05, 0) is 64.2 Å². The standard InChI is InChI=1S/C42H74N2O4/c1-4-6-8-10-12-14-16-18-20-22-23-25-27-29-31-33-41(45)47-37-40(35-39-36-44(3)38-43-39)48-42(46)34-32-30-28-26-24-21-19-17-15-13-11-9-7-5-2/h18-21,36,38,40H,4-17,22-35,37H2,1-3H3/b20-18+,21-19+. The van der Waals surface area contributed by atoms with E-state index in [1.807, 2.05) is 17.8 Å². The molecule has 1 aromatic heterocycles. The number of imidazole rings is 1. The first kappa shape index (κ1) is 43.7. The van der Waals surface area contributed by atoms with Crippen molar-refractivity contribution >= 4 is 11.9 Å². The Hall–Kier alpha value is -2.37. The molecule has 276 valence electrons. The van der Waals surface area contributed by atoms with Gasteiger partial charge >= 0.3 is 11.9 Å². The minimum absolute atomic E-state index is 0.0807. The minimum Gasteiger partial charge on any atom is -0.462 e. The molecule has 0 spiro atoms. The first-order chi connectivity index (χ1) is 23.5. The van der Waals surface area contributed by atoms with E-state index in [1.54, 1.807) is 6.33 Å². The number of aromatic nitrogens is 2. The maximum Gasteiger partial charge on any atom is 0.306 e. The van der Waals surface area contributed by atoms with E-state index >= 15 is 0 Å². The molecule has 48 heavy (non-hydrogen) atoms. The molecule has 0 aromatic carbocycles. The SMILES string of the molecule is CCCCCCCC/C=C/CCCCCCCC(=O)OCC(Cc1cn(C)cn1)OC(=O)CCCCCC/C=C/CCCCCCCC. The fourth-order valence-electron chi connectivity index (χ4n) is 5.95. The summed E-state index contributed by atoms with van der Waals surface area (Å²) in [7, 11) is 1.91. The van der Waals surface area contributed by atoms with Crippen molar-refractivity contribution in [3.05, 3.63) is 42.5 Å². The number of aryl methyl sites for hydroxylation is 1. The van der Waals surface area contributed by atoms with Crippen molar-refractivity contribution < 1.29 is 19.1 Å². The quantitative estimate of drug-likeness (QED) is 0.0414. The van der Waals surface area contributed by atoms with Gasteiger partial charge in [-0.15, -0.1) is 0 Å². The zero-order valence-electron chi connectivity index (χ0n) is 31.6. The average Bonchev–Trinajstić information content (AvgIpc) is 3.49. The van der Waals surface area contributed by atoms with E-state index in [-0.39, 0.29) is 18.5 Å². The first-order valence-electron chi connectivity index (χ1n) is 20.2. The largest absolute Gasteiger partial charge is 0.462 e. The summed E-state index contributed by atoms with van der Waals surface area (Å²) in [6.07, 6.45) is 44.2. The number of esters is 2. The molecule has 1 atom stereocenters. The molecule has 0 amide bonds. The topological polar surface area (TPSA) is 70.4 Å². The third-order valence-corrected chi connectivity index (χ3v) is 8.96. The monoisotopic (exact) mass is 671 g/mol. The van der Waals surface area contributed by atoms with E-state index in [0.717, 1.165) is 63.5 Å². The molecule has 0 saturated carbocycles. The van der Waals surface area contributed by atoms with Crippen LogP contribution in [0.4, 0.5) is 0 Å². The van der Waals surface area contributed by atoms with Crippen LogP contribution in [0.25, 0.3) is 0 Å². The van der Waals surface area contributed by atoms with Gasteiger partial charge in [0.25, 0.3) is 0 Å². The van der Waals surface area contributed by atoms with Crippen LogP contribution in [0.3, 0.4) is 0 Å². The van der Waals surface area contributed by atoms with Gasteiger partial charge in [0.2, 0.25) is 0 Å². The van der Waals surface area contributed by atoms with Crippen molar-refractivity contribution in [2.75, 3.05) is 6.61 Å². The summed E-state index contributed by atoms with van der Waals surface area (Å²) in [6.45, 7) is 4.61. The smallest absolute Gasteiger partial charge is 0.306 e. The van der Waals surface area contributed by atoms with Gasteiger partial charge in [0.05, 0.1) is 12.0 Å². The molecule has 0 aliphatic heterocycles. The molecular weight excluding hydrogens is 596 g/mol. The lowest BCUT2D eigenvalue weighted by Gasteiger charge is -2.17. The zero-order valence-corrected chi connectivity index (χ0v) is 31.6. The number of rotatable bonds is 34. The number of hydrogen-bond acceptors (Lipinski definition) is 5. The normalized spacial score (nSPS) is 12.3. The lowest BCUT2D eigenvalue weighted by molar-refractivity contribution is -0.159. The van der Waals surface area contributed by atoms with Gasteiger partial charge in [-0.25, -0.2) is 4.98 Å². The van der Waals surface area contributed by atoms with E-state index in [2.05, 4.69) is 43.1 Å². The van der Waals surface area contributed by atoms with E-state index in [9.17, 15) is 9.59 Å². The Balaban J connectivity index is 2.15. The highest BCUT2D eigenvalue weighted by Gasteiger charge is 2.19. The predicted molar refractivity (Wildman–Crippen MR) is 202 cm³/mol. The van der Waals surface area contributed by atoms with Gasteiger partial charge in [-0.1, -0.05) is 134 Å². The Kier molecular flexibility index (Phi) is 30.1. The molecular formula is C42H74N2O4. The highest BCUT2D eigenvalue weighted by molar-refractivity contribution is 5.70. The molecule has 0 aliphatic rings. The third-order valence-electron chi connectivity index (χ3n) is 8.96. The molecule has 0 N–H and O–H groups in total. The van der Waals surface area contributed by atoms with Gasteiger partial charge in [0, 0.05) is 32.5 Å². The summed E-state index contributed by atoms with van der Waals surface area (Å²) in [5.74, 6) is -0.432. The van der Waals surface area contributed by atoms with E-state index in [0.29, 0.717) is 19.3 Å². The number of carbonyl (C=O) groups is 2. The summed E-state index contributed by atoms with van der Waals surface area (Å²) in [5, 5.41) is 0. The van der Waals surface area contributed by atoms with Gasteiger partial charge in [-0.2, -0.15) is 0 Å². The number of ether oxygens (including phenoxy) is 2. The van der Waals surface area contributed by atoms with E-state index < -0.39 is 6.10 Å². The summed E-state index contributed by atoms with van der Waals surface area (Å²) in [4.78, 5) is 29.5. The van der Waals surface area contributed by atoms with Crippen molar-refractivity contribution in [1.29, 1.82) is 0 Å². The van der Waals surface area contributed by atoms with Crippen LogP contribution in [-0.2, 0) is 32.5 Å². The van der Waals surface area contributed by atoms with Crippen LogP contribution in [0.1, 0.15) is 193 Å². The lowest BCUT2D eigenvalue weighted by atomic mass is 10.1. The summed E-state index contributed by atoms with van der Waals surface area (Å²) >= 11 is 0. The molecule has 1 rings (SSSR count). The molecule has 6 nitrogen and oxygen atoms in total. The molecule has 1 aromatic rings. The van der Waals surface area contributed by atoms with Crippen molar-refractivity contribution in [2.24, 2.45) is 7.05 Å². The summed E-state index contributed by atoms with van der Waals surface area (Å²) in [5.41, 5.74) is 0.827. The molecule has 0 fully saturated rings. The molecule has 1 heterocycles. The van der Waals surface area contributed by atoms with Crippen molar-refractivity contribution in [3.8, 4) is 0 Å². The van der Waals surface area contributed by atoms with Crippen LogP contribution in [0.2, 0.25) is 0 Å². The maximum absolute atomic E-state index is 12.6. The Morgan fingerprint density at radius 1 is 0.625 bits per heavy atom. The maximum atomic E-state index is 12.6. The van der Waals surface area contributed by atoms with Gasteiger partial charge < -0.3 is 14.0 Å². The second-order valence-corrected chi connectivity index (χ2v) is 13.8. The average molecular weight is 671 g/mol. The molecule has 1 unspecified atom stereocenters. The minimum atomic E-state index is -0.512. The van der Waals surface area contributed by atoms with Crippen LogP contribution < -0.4 is 0 Å². The number of unbranched alkanes of at least 4 members (excludes halogenated alkanes) is 21. The second-order valence-electron chi connectivity index (χ2n) is 13.8. The van der Waals surface area contributed by atoms with Crippen LogP contribution in [0, 0.1) is 0 Å². The first-order valence-corrected chi connectivity index (χ1v) is 20.2. The molecule has 0 radical (unpaired) electrons. The number of hydrogen-bond donors (Lipinski definition) is 0. The Labute approximate surface area is 295 Å². The van der Waals surface area contributed by atoms with Crippen molar-refractivity contribution in [1.82, 2.24) is 9.55 Å². The number of nitrogens with zero attached hydrogens (tertiary/aromatic N) is 2. The van der Waals surface area contributed by atoms with Crippen LogP contribution in [-0.4, -0.2) is 34.2 Å². The summed E-state index contributed by atoms with van der Waals surface area (Å²) < 4.78 is 13.2. The van der Waals surface area contributed by atoms with Crippen molar-refractivity contribution in [3.63, 3.8) is 0 Å². The number of allylic oxidation sites excluding steroid dienone is 4. The molecule has 0 aliphatic carbocycles. The molecule has 0 bridgehead atoms. The molecule has 6 heteroatoms. The summed E-state index contributed by atoms with van der Waals surface area (Å²) in [6, 6.07) is 0. The predicted octanol–water partition coefficient (Wildman–Crippen LogP) is 12.1. The van der Waals surface area contributed by atoms with Crippen LogP contribution in [0.5, 0.6) is 0 Å². The third kappa shape index (κ3) is 28.6. The highest BCUT2D eigenvalue weighted by atomic mass is 16.6. The van der Waals surface area contributed by atoms with Gasteiger partial charge in [0.15, 0.2) is 0 Å². The number of carbonyl (C=O) groups excluding carboxylic acids is 2. The van der Waals surface area contributed by atoms with Gasteiger partial charge in [-0.3, -0.25) is 9.59 Å². The second kappa shape index (κ2) is 33.1.